The highest BCUT2D eigenvalue weighted by atomic mass is 32.1. The van der Waals surface area contributed by atoms with Crippen molar-refractivity contribution >= 4 is 119 Å². The molecule has 5 heterocycles. The Labute approximate surface area is 530 Å². The zero-order valence-electron chi connectivity index (χ0n) is 50.2. The highest BCUT2D eigenvalue weighted by Gasteiger charge is 2.22. The van der Waals surface area contributed by atoms with Crippen LogP contribution in [0.2, 0.25) is 0 Å². The Hall–Kier alpha value is -11.5. The molecule has 0 amide bonds. The molecule has 0 saturated carbocycles. The first-order valence-electron chi connectivity index (χ1n) is 31.6. The molecule has 91 heavy (non-hydrogen) atoms. The predicted molar refractivity (Wildman–Crippen MR) is 390 cm³/mol. The average molecular weight is 1180 g/mol. The van der Waals surface area contributed by atoms with Crippen LogP contribution in [0, 0.1) is 0 Å². The van der Waals surface area contributed by atoms with Gasteiger partial charge in [-0.2, -0.15) is 0 Å². The molecule has 4 nitrogen and oxygen atoms in total. The summed E-state index contributed by atoms with van der Waals surface area (Å²) in [5.74, 6) is 0. The Kier molecular flexibility index (Phi) is 12.2. The Morgan fingerprint density at radius 1 is 0.187 bits per heavy atom. The van der Waals surface area contributed by atoms with Gasteiger partial charge in [0.05, 0.1) is 44.1 Å². The number of fused-ring (bicyclic) bond motifs is 15. The van der Waals surface area contributed by atoms with E-state index in [1.54, 1.807) is 0 Å². The molecule has 14 aromatic carbocycles. The van der Waals surface area contributed by atoms with Gasteiger partial charge in [-0.05, 0) is 142 Å². The summed E-state index contributed by atoms with van der Waals surface area (Å²) in [4.78, 5) is 0. The van der Waals surface area contributed by atoms with Gasteiger partial charge in [-0.3, -0.25) is 0 Å². The van der Waals surface area contributed by atoms with E-state index in [9.17, 15) is 0 Å². The minimum absolute atomic E-state index is 1.12. The van der Waals surface area contributed by atoms with E-state index in [0.717, 1.165) is 45.0 Å². The van der Waals surface area contributed by atoms with Crippen LogP contribution in [0.15, 0.2) is 315 Å². The Morgan fingerprint density at radius 3 is 0.670 bits per heavy atom. The van der Waals surface area contributed by atoms with E-state index in [-0.39, 0.29) is 0 Å². The van der Waals surface area contributed by atoms with E-state index >= 15 is 0 Å². The van der Waals surface area contributed by atoms with Crippen LogP contribution in [0.25, 0.3) is 175 Å². The first kappa shape index (κ1) is 52.6. The van der Waals surface area contributed by atoms with Crippen molar-refractivity contribution in [1.29, 1.82) is 0 Å². The van der Waals surface area contributed by atoms with Crippen LogP contribution in [0.4, 0.5) is 0 Å². The summed E-state index contributed by atoms with van der Waals surface area (Å²) >= 11 is 1.91. The monoisotopic (exact) mass is 1180 g/mol. The van der Waals surface area contributed by atoms with E-state index in [2.05, 4.69) is 334 Å². The molecule has 0 unspecified atom stereocenters. The maximum atomic E-state index is 2.45. The third-order valence-electron chi connectivity index (χ3n) is 18.7. The molecule has 0 atom stereocenters. The maximum absolute atomic E-state index is 2.45. The maximum Gasteiger partial charge on any atom is 0.0541 e. The van der Waals surface area contributed by atoms with Crippen molar-refractivity contribution in [2.45, 2.75) is 13.8 Å². The number of benzene rings is 14. The van der Waals surface area contributed by atoms with Crippen molar-refractivity contribution in [2.75, 3.05) is 0 Å². The zero-order valence-corrected chi connectivity index (χ0v) is 51.0. The summed E-state index contributed by atoms with van der Waals surface area (Å²) in [6.07, 6.45) is 0. The molecule has 0 saturated heterocycles. The number of hydrogen-bond donors (Lipinski definition) is 0. The van der Waals surface area contributed by atoms with Gasteiger partial charge in [0.15, 0.2) is 0 Å². The topological polar surface area (TPSA) is 19.7 Å². The fraction of sp³-hybridized carbons (Fsp3) is 0.0233. The number of aromatic nitrogens is 4. The Bertz CT molecular complexity index is 5290. The molecule has 5 heteroatoms. The summed E-state index contributed by atoms with van der Waals surface area (Å²) in [5, 5.41) is 12.5. The van der Waals surface area contributed by atoms with Crippen LogP contribution in [-0.2, 0) is 0 Å². The smallest absolute Gasteiger partial charge is 0.0541 e. The molecule has 19 rings (SSSR count). The van der Waals surface area contributed by atoms with Crippen LogP contribution >= 0.6 is 11.3 Å². The fourth-order valence-electron chi connectivity index (χ4n) is 14.9. The number of nitrogens with zero attached hydrogens (tertiary/aromatic N) is 4. The first-order valence-corrected chi connectivity index (χ1v) is 32.4. The molecule has 19 aromatic rings. The number of para-hydroxylation sites is 8. The highest BCUT2D eigenvalue weighted by Crippen LogP contribution is 2.47. The minimum Gasteiger partial charge on any atom is -0.309 e. The van der Waals surface area contributed by atoms with Crippen LogP contribution in [0.1, 0.15) is 13.8 Å². The lowest BCUT2D eigenvalue weighted by Crippen LogP contribution is -2.00. The van der Waals surface area contributed by atoms with Crippen molar-refractivity contribution in [1.82, 2.24) is 18.3 Å². The number of thiophene rings is 1. The minimum atomic E-state index is 1.12. The van der Waals surface area contributed by atoms with Gasteiger partial charge in [0.2, 0.25) is 0 Å². The third-order valence-corrected chi connectivity index (χ3v) is 20.0. The molecule has 0 spiro atoms. The summed E-state index contributed by atoms with van der Waals surface area (Å²) in [7, 11) is 0. The van der Waals surface area contributed by atoms with Crippen LogP contribution in [0.5, 0.6) is 0 Å². The highest BCUT2D eigenvalue weighted by molar-refractivity contribution is 7.26. The molecular weight excluding hydrogens is 1120 g/mol. The van der Waals surface area contributed by atoms with Crippen molar-refractivity contribution in [3.63, 3.8) is 0 Å². The van der Waals surface area contributed by atoms with E-state index in [4.69, 9.17) is 0 Å². The van der Waals surface area contributed by atoms with E-state index in [1.165, 1.54) is 130 Å². The van der Waals surface area contributed by atoms with E-state index < -0.39 is 0 Å². The Morgan fingerprint density at radius 2 is 0.407 bits per heavy atom. The van der Waals surface area contributed by atoms with Crippen molar-refractivity contribution in [3.05, 3.63) is 315 Å². The second-order valence-electron chi connectivity index (χ2n) is 23.6. The normalized spacial score (nSPS) is 11.8. The van der Waals surface area contributed by atoms with Gasteiger partial charge >= 0.3 is 0 Å². The molecule has 0 radical (unpaired) electrons. The summed E-state index contributed by atoms with van der Waals surface area (Å²) < 4.78 is 12.4. The first-order chi connectivity index (χ1) is 45.1. The van der Waals surface area contributed by atoms with Gasteiger partial charge in [0, 0.05) is 86.0 Å². The lowest BCUT2D eigenvalue weighted by molar-refractivity contribution is 1.13. The van der Waals surface area contributed by atoms with Gasteiger partial charge in [-0.15, -0.1) is 11.3 Å². The lowest BCUT2D eigenvalue weighted by Gasteiger charge is -2.16. The fourth-order valence-corrected chi connectivity index (χ4v) is 16.2. The van der Waals surface area contributed by atoms with E-state index in [1.807, 2.05) is 25.2 Å². The van der Waals surface area contributed by atoms with Gasteiger partial charge in [-0.1, -0.05) is 232 Å². The number of rotatable bonds is 8. The third kappa shape index (κ3) is 8.21. The van der Waals surface area contributed by atoms with Crippen LogP contribution in [-0.4, -0.2) is 18.3 Å². The summed E-state index contributed by atoms with van der Waals surface area (Å²) in [5.41, 5.74) is 23.4. The molecule has 0 fully saturated rings. The molecule has 0 aliphatic rings. The van der Waals surface area contributed by atoms with Crippen LogP contribution < -0.4 is 0 Å². The molecule has 428 valence electrons. The van der Waals surface area contributed by atoms with Crippen molar-refractivity contribution < 1.29 is 0 Å². The quantitative estimate of drug-likeness (QED) is 0.144. The second-order valence-corrected chi connectivity index (χ2v) is 24.6. The molecule has 5 aromatic heterocycles. The van der Waals surface area contributed by atoms with Gasteiger partial charge in [0.1, 0.15) is 0 Å². The molecular formula is C86H58N4S. The summed E-state index contributed by atoms with van der Waals surface area (Å²) in [6, 6.07) is 117. The molecule has 0 aliphatic carbocycles. The SMILES string of the molecule is CC.c1cc(-c2cc(-n3c4ccccc4c4ccccc43)cc(-n3c4ccccc4c4ccccc43)c2)cc(-c2cccc3c2sc2c(-c4cccc(-c5cc(-n6c7ccccc7c7ccccc76)cc(-n6c7ccccc7c7ccccc76)c5)c4)cccc23)c1. The van der Waals surface area contributed by atoms with Gasteiger partial charge in [-0.25, -0.2) is 0 Å². The Balaban J connectivity index is 0.00000304. The van der Waals surface area contributed by atoms with Crippen molar-refractivity contribution in [2.24, 2.45) is 0 Å². The second kappa shape index (κ2) is 21.1. The van der Waals surface area contributed by atoms with E-state index in [0.29, 0.717) is 0 Å². The lowest BCUT2D eigenvalue weighted by atomic mass is 9.96. The van der Waals surface area contributed by atoms with Crippen LogP contribution in [0.3, 0.4) is 0 Å². The largest absolute Gasteiger partial charge is 0.309 e. The standard InChI is InChI=1S/C84H52N4S.C2H6/c1-9-37-75-65(25-1)66-26-2-10-38-76(66)85(75)59-47-57(48-60(51-59)86-77-39-11-3-27-67(77)68-28-4-12-40-78(68)86)53-21-17-23-55(45-53)63-33-19-35-73-74-36-20-34-64(84(74)89-83(63)73)56-24-18-22-54(46-56)58-49-61(87-79-41-13-5-29-69(79)70-30-6-14-42-80(70)87)52-62(50-58)88-81-43-15-7-31-71(81)72-32-8-16-44-82(72)88;1-2/h1-52H;1-2H3. The van der Waals surface area contributed by atoms with Gasteiger partial charge in [0.25, 0.3) is 0 Å². The van der Waals surface area contributed by atoms with Crippen molar-refractivity contribution in [3.8, 4) is 67.3 Å². The summed E-state index contributed by atoms with van der Waals surface area (Å²) in [6.45, 7) is 4.00. The molecule has 0 N–H and O–H groups in total. The number of hydrogen-bond acceptors (Lipinski definition) is 1. The zero-order chi connectivity index (χ0) is 60.3. The molecule has 0 bridgehead atoms. The molecule has 0 aliphatic heterocycles. The van der Waals surface area contributed by atoms with Gasteiger partial charge < -0.3 is 18.3 Å². The predicted octanol–water partition coefficient (Wildman–Crippen LogP) is 24.1. The average Bonchev–Trinajstić information content (AvgIpc) is 1.89.